The third-order valence-electron chi connectivity index (χ3n) is 1.89. The molecule has 0 nitrogen and oxygen atoms in total. The van der Waals surface area contributed by atoms with Gasteiger partial charge in [0.2, 0.25) is 0 Å². The Morgan fingerprint density at radius 2 is 2.18 bits per heavy atom. The summed E-state index contributed by atoms with van der Waals surface area (Å²) >= 11 is 0. The second-order valence-electron chi connectivity index (χ2n) is 2.76. The monoisotopic (exact) mass is 150 g/mol. The zero-order valence-electron chi connectivity index (χ0n) is 7.02. The quantitative estimate of drug-likeness (QED) is 0.561. The second kappa shape index (κ2) is 3.56. The lowest BCUT2D eigenvalue weighted by molar-refractivity contribution is 0.487. The smallest absolute Gasteiger partial charge is 0.155 e. The van der Waals surface area contributed by atoms with Gasteiger partial charge >= 0.3 is 0 Å². The van der Waals surface area contributed by atoms with Crippen LogP contribution in [0.3, 0.4) is 0 Å². The minimum atomic E-state index is -0.344. The second-order valence-corrected chi connectivity index (χ2v) is 2.76. The average Bonchev–Trinajstić information content (AvgIpc) is 2.04. The first-order valence-corrected chi connectivity index (χ1v) is 3.92. The van der Waals surface area contributed by atoms with Crippen LogP contribution in [0.4, 0.5) is 4.39 Å². The van der Waals surface area contributed by atoms with Gasteiger partial charge in [-0.2, -0.15) is 0 Å². The maximum absolute atomic E-state index is 12.3. The van der Waals surface area contributed by atoms with Gasteiger partial charge in [-0.1, -0.05) is 36.0 Å². The van der Waals surface area contributed by atoms with E-state index >= 15 is 0 Å². The van der Waals surface area contributed by atoms with E-state index in [4.69, 9.17) is 0 Å². The van der Waals surface area contributed by atoms with E-state index in [1.54, 1.807) is 0 Å². The number of rotatable bonds is 2. The molecule has 0 aliphatic heterocycles. The van der Waals surface area contributed by atoms with Gasteiger partial charge in [-0.05, 0) is 12.5 Å². The number of hydrogen-bond donors (Lipinski definition) is 0. The summed E-state index contributed by atoms with van der Waals surface area (Å²) in [6, 6.07) is 5.87. The number of hydrogen-bond acceptors (Lipinski definition) is 0. The lowest BCUT2D eigenvalue weighted by atomic mass is 9.70. The largest absolute Gasteiger partial charge is 0.246 e. The van der Waals surface area contributed by atoms with Gasteiger partial charge < -0.3 is 0 Å². The molecule has 1 rings (SSSR count). The molecule has 0 spiro atoms. The molecule has 0 bridgehead atoms. The predicted octanol–water partition coefficient (Wildman–Crippen LogP) is 1.57. The van der Waals surface area contributed by atoms with Crippen LogP contribution in [0.15, 0.2) is 18.2 Å². The maximum atomic E-state index is 12.3. The topological polar surface area (TPSA) is 0 Å². The van der Waals surface area contributed by atoms with Crippen LogP contribution in [0.5, 0.6) is 0 Å². The van der Waals surface area contributed by atoms with Crippen LogP contribution < -0.4 is 5.46 Å². The fourth-order valence-corrected chi connectivity index (χ4v) is 1.21. The van der Waals surface area contributed by atoms with Crippen LogP contribution in [0.25, 0.3) is 0 Å². The fourth-order valence-electron chi connectivity index (χ4n) is 1.21. The van der Waals surface area contributed by atoms with Gasteiger partial charge in [0.05, 0.1) is 0 Å². The highest BCUT2D eigenvalue weighted by Gasteiger charge is 1.99. The Morgan fingerprint density at radius 3 is 2.73 bits per heavy atom. The van der Waals surface area contributed by atoms with Crippen LogP contribution in [0.2, 0.25) is 6.82 Å². The zero-order chi connectivity index (χ0) is 8.27. The van der Waals surface area contributed by atoms with E-state index in [2.05, 4.69) is 6.07 Å². The molecule has 0 N–H and O–H groups in total. The molecular formula is C9H12BF. The van der Waals surface area contributed by atoms with Crippen molar-refractivity contribution in [3.8, 4) is 0 Å². The molecule has 0 amide bonds. The molecule has 2 heteroatoms. The van der Waals surface area contributed by atoms with Gasteiger partial charge in [-0.3, -0.25) is 0 Å². The fraction of sp³-hybridized carbons (Fsp3) is 0.333. The van der Waals surface area contributed by atoms with Crippen molar-refractivity contribution in [3.05, 3.63) is 29.3 Å². The summed E-state index contributed by atoms with van der Waals surface area (Å²) in [6.07, 6.45) is 0. The van der Waals surface area contributed by atoms with Crippen LogP contribution in [0, 0.1) is 6.92 Å². The summed E-state index contributed by atoms with van der Waals surface area (Å²) < 4.78 is 12.3. The summed E-state index contributed by atoms with van der Waals surface area (Å²) in [4.78, 5) is 0. The molecule has 0 radical (unpaired) electrons. The standard InChI is InChI=1S/C9H12BF/c1-7-3-4-8(6-11)9(5-7)10-2/h3-5,10H,6H2,1-2H3. The lowest BCUT2D eigenvalue weighted by Gasteiger charge is -2.03. The molecule has 0 unspecified atom stereocenters. The third-order valence-corrected chi connectivity index (χ3v) is 1.89. The Morgan fingerprint density at radius 1 is 1.45 bits per heavy atom. The SMILES string of the molecule is CBc1cc(C)ccc1CF. The highest BCUT2D eigenvalue weighted by atomic mass is 19.1. The molecule has 0 saturated carbocycles. The molecule has 0 fully saturated rings. The summed E-state index contributed by atoms with van der Waals surface area (Å²) in [6.45, 7) is 3.73. The van der Waals surface area contributed by atoms with Gasteiger partial charge in [0.15, 0.2) is 7.28 Å². The molecule has 0 atom stereocenters. The van der Waals surface area contributed by atoms with Crippen molar-refractivity contribution in [2.75, 3.05) is 0 Å². The molecule has 1 aromatic rings. The van der Waals surface area contributed by atoms with Crippen LogP contribution in [-0.4, -0.2) is 7.28 Å². The first-order chi connectivity index (χ1) is 5.27. The molecule has 0 saturated heterocycles. The lowest BCUT2D eigenvalue weighted by Crippen LogP contribution is -2.16. The van der Waals surface area contributed by atoms with Crippen molar-refractivity contribution in [2.24, 2.45) is 0 Å². The Bertz CT molecular complexity index is 245. The van der Waals surface area contributed by atoms with Gasteiger partial charge in [-0.25, -0.2) is 4.39 Å². The molecule has 1 aromatic carbocycles. The van der Waals surface area contributed by atoms with Crippen LogP contribution >= 0.6 is 0 Å². The van der Waals surface area contributed by atoms with Gasteiger partial charge in [0.1, 0.15) is 6.67 Å². The maximum Gasteiger partial charge on any atom is 0.155 e. The van der Waals surface area contributed by atoms with E-state index in [0.717, 1.165) is 18.3 Å². The first kappa shape index (κ1) is 8.31. The summed E-state index contributed by atoms with van der Waals surface area (Å²) in [5.41, 5.74) is 3.17. The molecule has 0 heterocycles. The zero-order valence-corrected chi connectivity index (χ0v) is 7.02. The van der Waals surface area contributed by atoms with Crippen molar-refractivity contribution in [1.29, 1.82) is 0 Å². The van der Waals surface area contributed by atoms with E-state index < -0.39 is 0 Å². The van der Waals surface area contributed by atoms with Crippen LogP contribution in [-0.2, 0) is 6.67 Å². The molecular weight excluding hydrogens is 138 g/mol. The molecule has 11 heavy (non-hydrogen) atoms. The Balaban J connectivity index is 3.06. The number of benzene rings is 1. The van der Waals surface area contributed by atoms with Crippen molar-refractivity contribution >= 4 is 12.7 Å². The first-order valence-electron chi connectivity index (χ1n) is 3.92. The minimum Gasteiger partial charge on any atom is -0.246 e. The van der Waals surface area contributed by atoms with E-state index in [-0.39, 0.29) is 6.67 Å². The number of aryl methyl sites for hydroxylation is 1. The van der Waals surface area contributed by atoms with E-state index in [0.29, 0.717) is 0 Å². The minimum absolute atomic E-state index is 0.344. The van der Waals surface area contributed by atoms with Gasteiger partial charge in [-0.15, -0.1) is 0 Å². The molecule has 58 valence electrons. The van der Waals surface area contributed by atoms with E-state index in [1.807, 2.05) is 25.9 Å². The molecule has 0 aromatic heterocycles. The van der Waals surface area contributed by atoms with Crippen molar-refractivity contribution in [2.45, 2.75) is 20.4 Å². The van der Waals surface area contributed by atoms with Gasteiger partial charge in [0.25, 0.3) is 0 Å². The summed E-state index contributed by atoms with van der Waals surface area (Å²) in [5, 5.41) is 0. The number of alkyl halides is 1. The van der Waals surface area contributed by atoms with Gasteiger partial charge in [0, 0.05) is 0 Å². The van der Waals surface area contributed by atoms with E-state index in [1.165, 1.54) is 5.56 Å². The van der Waals surface area contributed by atoms with E-state index in [9.17, 15) is 4.39 Å². The Hall–Kier alpha value is -0.785. The van der Waals surface area contributed by atoms with Crippen LogP contribution in [0.1, 0.15) is 11.1 Å². The average molecular weight is 150 g/mol. The van der Waals surface area contributed by atoms with Crippen molar-refractivity contribution < 1.29 is 4.39 Å². The Labute approximate surface area is 67.7 Å². The molecule has 0 aliphatic rings. The summed E-state index contributed by atoms with van der Waals surface area (Å²) in [7, 11) is 0.918. The van der Waals surface area contributed by atoms with Crippen molar-refractivity contribution in [1.82, 2.24) is 0 Å². The predicted molar refractivity (Wildman–Crippen MR) is 48.6 cm³/mol. The third kappa shape index (κ3) is 1.82. The Kier molecular flexibility index (Phi) is 2.69. The number of halogens is 1. The summed E-state index contributed by atoms with van der Waals surface area (Å²) in [5.74, 6) is 0. The highest BCUT2D eigenvalue weighted by molar-refractivity contribution is 6.52. The van der Waals surface area contributed by atoms with Crippen molar-refractivity contribution in [3.63, 3.8) is 0 Å². The normalized spacial score (nSPS) is 9.73. The highest BCUT2D eigenvalue weighted by Crippen LogP contribution is 2.01. The molecule has 0 aliphatic carbocycles.